The first-order valence-electron chi connectivity index (χ1n) is 6.72. The normalized spacial score (nSPS) is 19.8. The van der Waals surface area contributed by atoms with Gasteiger partial charge in [0.15, 0.2) is 0 Å². The van der Waals surface area contributed by atoms with Crippen molar-refractivity contribution >= 4 is 42.3 Å². The molecule has 0 radical (unpaired) electrons. The fourth-order valence-electron chi connectivity index (χ4n) is 2.99. The van der Waals surface area contributed by atoms with Crippen LogP contribution in [0.3, 0.4) is 0 Å². The molecule has 3 heterocycles. The second-order valence-electron chi connectivity index (χ2n) is 5.45. The molecule has 1 fully saturated rings. The zero-order chi connectivity index (χ0) is 13.6. The molecule has 2 aliphatic heterocycles. The van der Waals surface area contributed by atoms with Crippen molar-refractivity contribution < 1.29 is 4.79 Å². The summed E-state index contributed by atoms with van der Waals surface area (Å²) in [5.74, 6) is 0.377. The van der Waals surface area contributed by atoms with Crippen molar-refractivity contribution in [3.05, 3.63) is 27.5 Å². The van der Waals surface area contributed by atoms with E-state index in [4.69, 9.17) is 11.6 Å². The standard InChI is InChI=1S/C14H18ClN3O.2ClH/c1-8-11-6-18(14(19)10-3-4-16-5-10)7-12(11)17-9(2)13(8)15;;/h10,16H,3-7H2,1-2H3;2*1H/t10-;;/m1../s1. The van der Waals surface area contributed by atoms with Crippen LogP contribution in [0.1, 0.15) is 28.9 Å². The molecule has 1 saturated heterocycles. The van der Waals surface area contributed by atoms with Crippen LogP contribution in [0.2, 0.25) is 5.02 Å². The van der Waals surface area contributed by atoms with Crippen molar-refractivity contribution in [1.82, 2.24) is 15.2 Å². The van der Waals surface area contributed by atoms with Crippen molar-refractivity contribution in [2.75, 3.05) is 13.1 Å². The average Bonchev–Trinajstić information content (AvgIpc) is 3.04. The van der Waals surface area contributed by atoms with Crippen LogP contribution in [-0.2, 0) is 17.9 Å². The minimum absolute atomic E-state index is 0. The summed E-state index contributed by atoms with van der Waals surface area (Å²) < 4.78 is 0. The van der Waals surface area contributed by atoms with Gasteiger partial charge >= 0.3 is 0 Å². The monoisotopic (exact) mass is 351 g/mol. The lowest BCUT2D eigenvalue weighted by molar-refractivity contribution is -0.135. The van der Waals surface area contributed by atoms with Crippen LogP contribution in [0.15, 0.2) is 0 Å². The van der Waals surface area contributed by atoms with Gasteiger partial charge < -0.3 is 10.2 Å². The molecule has 0 aliphatic carbocycles. The Labute approximate surface area is 142 Å². The number of aromatic nitrogens is 1. The van der Waals surface area contributed by atoms with Crippen molar-refractivity contribution in [2.24, 2.45) is 5.92 Å². The predicted octanol–water partition coefficient (Wildman–Crippen LogP) is 2.65. The van der Waals surface area contributed by atoms with E-state index in [2.05, 4.69) is 10.3 Å². The summed E-state index contributed by atoms with van der Waals surface area (Å²) >= 11 is 6.24. The van der Waals surface area contributed by atoms with E-state index in [-0.39, 0.29) is 36.6 Å². The molecular formula is C14H20Cl3N3O. The summed E-state index contributed by atoms with van der Waals surface area (Å²) in [6.07, 6.45) is 0.942. The molecule has 0 spiro atoms. The summed E-state index contributed by atoms with van der Waals surface area (Å²) in [7, 11) is 0. The maximum Gasteiger partial charge on any atom is 0.227 e. The lowest BCUT2D eigenvalue weighted by Gasteiger charge is -2.19. The van der Waals surface area contributed by atoms with Crippen molar-refractivity contribution in [3.63, 3.8) is 0 Å². The van der Waals surface area contributed by atoms with Gasteiger partial charge in [-0.2, -0.15) is 0 Å². The average molecular weight is 353 g/mol. The number of rotatable bonds is 1. The maximum absolute atomic E-state index is 12.4. The highest BCUT2D eigenvalue weighted by atomic mass is 35.5. The van der Waals surface area contributed by atoms with Crippen LogP contribution in [0.25, 0.3) is 0 Å². The van der Waals surface area contributed by atoms with E-state index in [1.54, 1.807) is 0 Å². The Kier molecular flexibility index (Phi) is 6.29. The van der Waals surface area contributed by atoms with E-state index in [0.29, 0.717) is 13.1 Å². The number of carbonyl (C=O) groups excluding carboxylic acids is 1. The van der Waals surface area contributed by atoms with E-state index in [1.807, 2.05) is 18.7 Å². The first-order valence-corrected chi connectivity index (χ1v) is 7.09. The highest BCUT2D eigenvalue weighted by Gasteiger charge is 2.32. The van der Waals surface area contributed by atoms with Gasteiger partial charge in [-0.3, -0.25) is 9.78 Å². The van der Waals surface area contributed by atoms with Gasteiger partial charge in [0.25, 0.3) is 0 Å². The third kappa shape index (κ3) is 3.29. The van der Waals surface area contributed by atoms with E-state index < -0.39 is 0 Å². The Balaban J connectivity index is 0.00000110. The highest BCUT2D eigenvalue weighted by molar-refractivity contribution is 6.32. The summed E-state index contributed by atoms with van der Waals surface area (Å²) in [5, 5.41) is 3.98. The molecular weight excluding hydrogens is 333 g/mol. The van der Waals surface area contributed by atoms with Gasteiger partial charge in [0.2, 0.25) is 5.91 Å². The number of nitrogens with zero attached hydrogens (tertiary/aromatic N) is 2. The lowest BCUT2D eigenvalue weighted by atomic mass is 10.1. The number of aryl methyl sites for hydroxylation is 1. The summed E-state index contributed by atoms with van der Waals surface area (Å²) in [6.45, 7) is 6.96. The molecule has 0 bridgehead atoms. The molecule has 1 aromatic heterocycles. The molecule has 2 aliphatic rings. The van der Waals surface area contributed by atoms with Crippen LogP contribution in [0.5, 0.6) is 0 Å². The molecule has 1 N–H and O–H groups in total. The number of carbonyl (C=O) groups is 1. The van der Waals surface area contributed by atoms with Crippen molar-refractivity contribution in [1.29, 1.82) is 0 Å². The summed E-state index contributed by atoms with van der Waals surface area (Å²) in [5.41, 5.74) is 4.08. The van der Waals surface area contributed by atoms with Crippen LogP contribution in [-0.4, -0.2) is 28.9 Å². The van der Waals surface area contributed by atoms with E-state index in [1.165, 1.54) is 0 Å². The maximum atomic E-state index is 12.4. The number of halogens is 3. The zero-order valence-corrected chi connectivity index (χ0v) is 14.5. The van der Waals surface area contributed by atoms with Gasteiger partial charge in [0.1, 0.15) is 0 Å². The molecule has 7 heteroatoms. The number of hydrogen-bond acceptors (Lipinski definition) is 3. The number of amides is 1. The molecule has 0 unspecified atom stereocenters. The SMILES string of the molecule is Cc1nc2c(c(C)c1Cl)CN(C(=O)[C@@H]1CCNC1)C2.Cl.Cl. The first kappa shape index (κ1) is 18.5. The smallest absolute Gasteiger partial charge is 0.227 e. The largest absolute Gasteiger partial charge is 0.332 e. The quantitative estimate of drug-likeness (QED) is 0.845. The van der Waals surface area contributed by atoms with Crippen LogP contribution in [0.4, 0.5) is 0 Å². The van der Waals surface area contributed by atoms with E-state index in [9.17, 15) is 4.79 Å². The Hall–Kier alpha value is -0.550. The molecule has 0 saturated carbocycles. The minimum Gasteiger partial charge on any atom is -0.332 e. The number of nitrogens with one attached hydrogen (secondary N) is 1. The molecule has 118 valence electrons. The molecule has 0 aromatic carbocycles. The molecule has 3 rings (SSSR count). The molecule has 1 amide bonds. The van der Waals surface area contributed by atoms with Crippen molar-refractivity contribution in [2.45, 2.75) is 33.4 Å². The fourth-order valence-corrected chi connectivity index (χ4v) is 3.14. The topological polar surface area (TPSA) is 45.2 Å². The Morgan fingerprint density at radius 1 is 1.33 bits per heavy atom. The third-order valence-electron chi connectivity index (χ3n) is 4.16. The zero-order valence-electron chi connectivity index (χ0n) is 12.1. The van der Waals surface area contributed by atoms with Gasteiger partial charge in [0.05, 0.1) is 28.9 Å². The summed E-state index contributed by atoms with van der Waals surface area (Å²) in [4.78, 5) is 18.9. The van der Waals surface area contributed by atoms with Crippen LogP contribution >= 0.6 is 36.4 Å². The van der Waals surface area contributed by atoms with Crippen LogP contribution < -0.4 is 5.32 Å². The first-order chi connectivity index (χ1) is 9.08. The molecule has 1 atom stereocenters. The van der Waals surface area contributed by atoms with Gasteiger partial charge in [0, 0.05) is 13.1 Å². The van der Waals surface area contributed by atoms with Gasteiger partial charge in [-0.1, -0.05) is 11.6 Å². The fraction of sp³-hybridized carbons (Fsp3) is 0.571. The van der Waals surface area contributed by atoms with Crippen LogP contribution in [0, 0.1) is 19.8 Å². The van der Waals surface area contributed by atoms with Crippen molar-refractivity contribution in [3.8, 4) is 0 Å². The number of pyridine rings is 1. The van der Waals surface area contributed by atoms with E-state index >= 15 is 0 Å². The Bertz CT molecular complexity index is 545. The van der Waals surface area contributed by atoms with Gasteiger partial charge in [-0.05, 0) is 37.9 Å². The second kappa shape index (κ2) is 7.14. The predicted molar refractivity (Wildman–Crippen MR) is 88.4 cm³/mol. The Morgan fingerprint density at radius 2 is 2.05 bits per heavy atom. The minimum atomic E-state index is 0. The third-order valence-corrected chi connectivity index (χ3v) is 4.72. The summed E-state index contributed by atoms with van der Waals surface area (Å²) in [6, 6.07) is 0. The second-order valence-corrected chi connectivity index (χ2v) is 5.82. The van der Waals surface area contributed by atoms with E-state index in [0.717, 1.165) is 47.0 Å². The molecule has 4 nitrogen and oxygen atoms in total. The number of hydrogen-bond donors (Lipinski definition) is 1. The Morgan fingerprint density at radius 3 is 2.67 bits per heavy atom. The molecule has 1 aromatic rings. The number of fused-ring (bicyclic) bond motifs is 1. The van der Waals surface area contributed by atoms with Gasteiger partial charge in [-0.15, -0.1) is 24.8 Å². The highest BCUT2D eigenvalue weighted by Crippen LogP contribution is 2.31. The lowest BCUT2D eigenvalue weighted by Crippen LogP contribution is -2.33. The van der Waals surface area contributed by atoms with Gasteiger partial charge in [-0.25, -0.2) is 0 Å². The molecule has 21 heavy (non-hydrogen) atoms.